The Balaban J connectivity index is 4.61. The molecule has 0 aromatic rings. The minimum absolute atomic E-state index is 0.0605. The number of methoxy groups -OCH3 is 1. The lowest BCUT2D eigenvalue weighted by Crippen LogP contribution is -2.57. The van der Waals surface area contributed by atoms with Crippen LogP contribution in [0.1, 0.15) is 20.8 Å². The van der Waals surface area contributed by atoms with Gasteiger partial charge in [0.05, 0.1) is 12.1 Å². The van der Waals surface area contributed by atoms with Gasteiger partial charge >= 0.3 is 0 Å². The van der Waals surface area contributed by atoms with Crippen LogP contribution in [0.5, 0.6) is 0 Å². The van der Waals surface area contributed by atoms with E-state index in [-0.39, 0.29) is 5.54 Å². The van der Waals surface area contributed by atoms with Gasteiger partial charge in [0.1, 0.15) is 0 Å². The first-order valence-electron chi connectivity index (χ1n) is 6.44. The van der Waals surface area contributed by atoms with Gasteiger partial charge in [0.15, 0.2) is 0 Å². The van der Waals surface area contributed by atoms with E-state index in [1.165, 1.54) is 0 Å². The summed E-state index contributed by atoms with van der Waals surface area (Å²) < 4.78 is 5.33. The zero-order chi connectivity index (χ0) is 13.5. The molecule has 0 saturated heterocycles. The second-order valence-electron chi connectivity index (χ2n) is 5.78. The molecule has 0 bridgehead atoms. The molecule has 0 aromatic heterocycles. The summed E-state index contributed by atoms with van der Waals surface area (Å²) in [5.74, 6) is 0.639. The van der Waals surface area contributed by atoms with Crippen LogP contribution in [0.4, 0.5) is 0 Å². The summed E-state index contributed by atoms with van der Waals surface area (Å²) in [6.45, 7) is 11.1. The Bertz CT molecular complexity index is 197. The first-order chi connectivity index (χ1) is 7.85. The Morgan fingerprint density at radius 3 is 2.18 bits per heavy atom. The van der Waals surface area contributed by atoms with Crippen LogP contribution in [0.25, 0.3) is 0 Å². The fourth-order valence-electron chi connectivity index (χ4n) is 1.93. The van der Waals surface area contributed by atoms with Gasteiger partial charge in [-0.05, 0) is 26.9 Å². The predicted octanol–water partition coefficient (Wildman–Crippen LogP) is 0.870. The molecule has 0 aliphatic heterocycles. The number of hydrogen-bond donors (Lipinski definition) is 1. The third kappa shape index (κ3) is 6.36. The van der Waals surface area contributed by atoms with Gasteiger partial charge in [-0.15, -0.1) is 0 Å². The molecule has 0 aromatic carbocycles. The molecular weight excluding hydrogens is 214 g/mol. The molecule has 0 radical (unpaired) electrons. The van der Waals surface area contributed by atoms with Gasteiger partial charge in [-0.2, -0.15) is 0 Å². The Kier molecular flexibility index (Phi) is 7.96. The molecule has 0 heterocycles. The van der Waals surface area contributed by atoms with Crippen molar-refractivity contribution in [1.82, 2.24) is 9.80 Å². The Labute approximate surface area is 107 Å². The first-order valence-corrected chi connectivity index (χ1v) is 6.44. The number of nitrogens with two attached hydrogens (primary N) is 1. The van der Waals surface area contributed by atoms with Crippen molar-refractivity contribution >= 4 is 0 Å². The van der Waals surface area contributed by atoms with Crippen molar-refractivity contribution < 1.29 is 4.74 Å². The SMILES string of the molecule is COCC(C)(CN)N(CCN(C)C)CC(C)C. The lowest BCUT2D eigenvalue weighted by molar-refractivity contribution is 0.0167. The molecule has 4 nitrogen and oxygen atoms in total. The Hall–Kier alpha value is -0.160. The molecule has 0 saturated carbocycles. The van der Waals surface area contributed by atoms with Crippen LogP contribution in [0, 0.1) is 5.92 Å². The number of likely N-dealkylation sites (N-methyl/N-ethyl adjacent to an activating group) is 1. The van der Waals surface area contributed by atoms with Crippen molar-refractivity contribution in [1.29, 1.82) is 0 Å². The van der Waals surface area contributed by atoms with E-state index in [4.69, 9.17) is 10.5 Å². The van der Waals surface area contributed by atoms with E-state index in [2.05, 4.69) is 44.7 Å². The van der Waals surface area contributed by atoms with E-state index < -0.39 is 0 Å². The summed E-state index contributed by atoms with van der Waals surface area (Å²) in [7, 11) is 5.95. The maximum Gasteiger partial charge on any atom is 0.0656 e. The number of rotatable bonds is 9. The maximum absolute atomic E-state index is 5.94. The second kappa shape index (κ2) is 8.03. The number of hydrogen-bond acceptors (Lipinski definition) is 4. The summed E-state index contributed by atoms with van der Waals surface area (Å²) in [6.07, 6.45) is 0. The van der Waals surface area contributed by atoms with E-state index in [0.717, 1.165) is 19.6 Å². The second-order valence-corrected chi connectivity index (χ2v) is 5.78. The predicted molar refractivity (Wildman–Crippen MR) is 74.3 cm³/mol. The van der Waals surface area contributed by atoms with Gasteiger partial charge in [0.25, 0.3) is 0 Å². The summed E-state index contributed by atoms with van der Waals surface area (Å²) >= 11 is 0. The Morgan fingerprint density at radius 2 is 1.82 bits per heavy atom. The minimum atomic E-state index is -0.0605. The monoisotopic (exact) mass is 245 g/mol. The van der Waals surface area contributed by atoms with Gasteiger partial charge < -0.3 is 15.4 Å². The molecule has 0 amide bonds. The van der Waals surface area contributed by atoms with Crippen LogP contribution in [0.2, 0.25) is 0 Å². The largest absolute Gasteiger partial charge is 0.383 e. The van der Waals surface area contributed by atoms with Crippen molar-refractivity contribution in [2.75, 3.05) is 54.0 Å². The van der Waals surface area contributed by atoms with Crippen LogP contribution in [0.3, 0.4) is 0 Å². The fraction of sp³-hybridized carbons (Fsp3) is 1.00. The lowest BCUT2D eigenvalue weighted by Gasteiger charge is -2.41. The van der Waals surface area contributed by atoms with Crippen molar-refractivity contribution in [3.63, 3.8) is 0 Å². The average Bonchev–Trinajstić information content (AvgIpc) is 2.23. The highest BCUT2D eigenvalue weighted by Gasteiger charge is 2.30. The topological polar surface area (TPSA) is 41.7 Å². The standard InChI is InChI=1S/C13H31N3O/c1-12(2)9-16(8-7-15(4)5)13(3,10-14)11-17-6/h12H,7-11,14H2,1-6H3. The van der Waals surface area contributed by atoms with E-state index in [1.807, 2.05) is 0 Å². The highest BCUT2D eigenvalue weighted by atomic mass is 16.5. The van der Waals surface area contributed by atoms with Crippen LogP contribution >= 0.6 is 0 Å². The fourth-order valence-corrected chi connectivity index (χ4v) is 1.93. The molecule has 4 heteroatoms. The maximum atomic E-state index is 5.94. The van der Waals surface area contributed by atoms with Crippen molar-refractivity contribution in [3.8, 4) is 0 Å². The highest BCUT2D eigenvalue weighted by Crippen LogP contribution is 2.16. The van der Waals surface area contributed by atoms with Crippen LogP contribution < -0.4 is 5.73 Å². The molecule has 0 rings (SSSR count). The van der Waals surface area contributed by atoms with E-state index in [0.29, 0.717) is 19.1 Å². The van der Waals surface area contributed by atoms with Gasteiger partial charge in [0.2, 0.25) is 0 Å². The van der Waals surface area contributed by atoms with Crippen molar-refractivity contribution in [2.45, 2.75) is 26.3 Å². The average molecular weight is 245 g/mol. The third-order valence-electron chi connectivity index (χ3n) is 3.06. The summed E-state index contributed by atoms with van der Waals surface area (Å²) in [5.41, 5.74) is 5.88. The number of ether oxygens (including phenoxy) is 1. The molecule has 17 heavy (non-hydrogen) atoms. The zero-order valence-electron chi connectivity index (χ0n) is 12.5. The molecule has 2 N–H and O–H groups in total. The Morgan fingerprint density at radius 1 is 1.24 bits per heavy atom. The third-order valence-corrected chi connectivity index (χ3v) is 3.06. The molecular formula is C13H31N3O. The van der Waals surface area contributed by atoms with Crippen LogP contribution in [-0.4, -0.2) is 69.3 Å². The quantitative estimate of drug-likeness (QED) is 0.654. The summed E-state index contributed by atoms with van der Waals surface area (Å²) in [4.78, 5) is 4.66. The van der Waals surface area contributed by atoms with Crippen molar-refractivity contribution in [3.05, 3.63) is 0 Å². The summed E-state index contributed by atoms with van der Waals surface area (Å²) in [6, 6.07) is 0. The number of nitrogens with zero attached hydrogens (tertiary/aromatic N) is 2. The smallest absolute Gasteiger partial charge is 0.0656 e. The molecule has 104 valence electrons. The highest BCUT2D eigenvalue weighted by molar-refractivity contribution is 4.88. The minimum Gasteiger partial charge on any atom is -0.383 e. The van der Waals surface area contributed by atoms with Gasteiger partial charge in [-0.1, -0.05) is 13.8 Å². The van der Waals surface area contributed by atoms with E-state index in [9.17, 15) is 0 Å². The van der Waals surface area contributed by atoms with Crippen LogP contribution in [0.15, 0.2) is 0 Å². The molecule has 0 fully saturated rings. The molecule has 1 atom stereocenters. The normalized spacial score (nSPS) is 15.9. The van der Waals surface area contributed by atoms with Gasteiger partial charge in [-0.3, -0.25) is 4.90 Å². The molecule has 1 unspecified atom stereocenters. The summed E-state index contributed by atoms with van der Waals surface area (Å²) in [5, 5.41) is 0. The molecule has 0 aliphatic rings. The van der Waals surface area contributed by atoms with Crippen molar-refractivity contribution in [2.24, 2.45) is 11.7 Å². The van der Waals surface area contributed by atoms with E-state index in [1.54, 1.807) is 7.11 Å². The van der Waals surface area contributed by atoms with Crippen LogP contribution in [-0.2, 0) is 4.74 Å². The lowest BCUT2D eigenvalue weighted by atomic mass is 9.99. The zero-order valence-corrected chi connectivity index (χ0v) is 12.5. The van der Waals surface area contributed by atoms with E-state index >= 15 is 0 Å². The molecule has 0 aliphatic carbocycles. The van der Waals surface area contributed by atoms with Gasteiger partial charge in [0, 0.05) is 33.3 Å². The first kappa shape index (κ1) is 16.8. The van der Waals surface area contributed by atoms with Gasteiger partial charge in [-0.25, -0.2) is 0 Å². The molecule has 0 spiro atoms.